The summed E-state index contributed by atoms with van der Waals surface area (Å²) in [6.07, 6.45) is -2.47. The van der Waals surface area contributed by atoms with Crippen molar-refractivity contribution in [1.29, 1.82) is 0 Å². The van der Waals surface area contributed by atoms with E-state index in [4.69, 9.17) is 11.6 Å². The molecule has 0 unspecified atom stereocenters. The van der Waals surface area contributed by atoms with E-state index in [1.54, 1.807) is 18.2 Å². The van der Waals surface area contributed by atoms with Gasteiger partial charge < -0.3 is 4.90 Å². The summed E-state index contributed by atoms with van der Waals surface area (Å²) in [6, 6.07) is 10.3. The van der Waals surface area contributed by atoms with Gasteiger partial charge in [0, 0.05) is 20.1 Å². The highest BCUT2D eigenvalue weighted by molar-refractivity contribution is 6.33. The lowest BCUT2D eigenvalue weighted by atomic mass is 10.1. The summed E-state index contributed by atoms with van der Waals surface area (Å²) in [7, 11) is 1.52. The number of nitroso groups, excluding NO2 is 1. The molecule has 0 aliphatic heterocycles. The molecule has 0 saturated heterocycles. The van der Waals surface area contributed by atoms with Crippen molar-refractivity contribution < 1.29 is 13.2 Å². The molecule has 146 valence electrons. The lowest BCUT2D eigenvalue weighted by molar-refractivity contribution is -0.137. The number of rotatable bonds is 8. The maximum Gasteiger partial charge on any atom is 0.416 e. The third kappa shape index (κ3) is 5.60. The predicted molar refractivity (Wildman–Crippen MR) is 103 cm³/mol. The number of benzene rings is 2. The van der Waals surface area contributed by atoms with Crippen LogP contribution in [0.4, 0.5) is 24.5 Å². The first kappa shape index (κ1) is 21.0. The molecule has 4 nitrogen and oxygen atoms in total. The minimum absolute atomic E-state index is 0.430. The Balaban J connectivity index is 2.26. The second kappa shape index (κ2) is 9.08. The highest BCUT2D eigenvalue weighted by Crippen LogP contribution is 2.32. The van der Waals surface area contributed by atoms with Crippen LogP contribution in [0.5, 0.6) is 0 Å². The first-order valence-electron chi connectivity index (χ1n) is 8.54. The first-order chi connectivity index (χ1) is 12.8. The van der Waals surface area contributed by atoms with Crippen LogP contribution in [-0.4, -0.2) is 13.6 Å². The van der Waals surface area contributed by atoms with Crippen molar-refractivity contribution in [3.05, 3.63) is 63.5 Å². The van der Waals surface area contributed by atoms with Gasteiger partial charge in [-0.1, -0.05) is 37.1 Å². The Morgan fingerprint density at radius 2 is 1.78 bits per heavy atom. The van der Waals surface area contributed by atoms with Crippen molar-refractivity contribution in [2.75, 3.05) is 23.5 Å². The summed E-state index contributed by atoms with van der Waals surface area (Å²) in [5.74, 6) is 0. The standard InChI is InChI=1S/C19H21ClF3N3O/c1-3-4-11-26(13-14-5-7-15(8-6-14)19(21,22)23)18-10-9-16(12-17(18)20)25(2)24-27/h5-10,12H,3-4,11,13H2,1-2H3. The van der Waals surface area contributed by atoms with E-state index in [0.717, 1.165) is 36.2 Å². The Bertz CT molecular complexity index is 766. The molecule has 0 radical (unpaired) electrons. The van der Waals surface area contributed by atoms with Crippen molar-refractivity contribution in [3.63, 3.8) is 0 Å². The van der Waals surface area contributed by atoms with Crippen LogP contribution >= 0.6 is 11.6 Å². The number of hydrogen-bond donors (Lipinski definition) is 0. The van der Waals surface area contributed by atoms with E-state index in [0.29, 0.717) is 23.8 Å². The van der Waals surface area contributed by atoms with Gasteiger partial charge >= 0.3 is 6.18 Å². The summed E-state index contributed by atoms with van der Waals surface area (Å²) in [6.45, 7) is 3.20. The summed E-state index contributed by atoms with van der Waals surface area (Å²) in [4.78, 5) is 12.7. The van der Waals surface area contributed by atoms with Crippen molar-refractivity contribution in [2.24, 2.45) is 5.29 Å². The Kier molecular flexibility index (Phi) is 7.07. The van der Waals surface area contributed by atoms with Gasteiger partial charge in [0.15, 0.2) is 0 Å². The van der Waals surface area contributed by atoms with E-state index >= 15 is 0 Å². The largest absolute Gasteiger partial charge is 0.416 e. The van der Waals surface area contributed by atoms with Crippen LogP contribution in [0, 0.1) is 4.91 Å². The minimum atomic E-state index is -4.35. The topological polar surface area (TPSA) is 35.9 Å². The predicted octanol–water partition coefficient (Wildman–Crippen LogP) is 6.28. The van der Waals surface area contributed by atoms with Crippen LogP contribution in [0.15, 0.2) is 47.8 Å². The molecule has 0 heterocycles. The Labute approximate surface area is 161 Å². The average Bonchev–Trinajstić information content (AvgIpc) is 2.64. The van der Waals surface area contributed by atoms with Gasteiger partial charge in [0.05, 0.1) is 27.2 Å². The lowest BCUT2D eigenvalue weighted by Gasteiger charge is -2.26. The van der Waals surface area contributed by atoms with Crippen LogP contribution in [0.1, 0.15) is 30.9 Å². The number of nitrogens with zero attached hydrogens (tertiary/aromatic N) is 3. The molecule has 0 spiro atoms. The van der Waals surface area contributed by atoms with E-state index in [-0.39, 0.29) is 0 Å². The van der Waals surface area contributed by atoms with Crippen LogP contribution in [0.2, 0.25) is 5.02 Å². The second-order valence-corrected chi connectivity index (χ2v) is 6.62. The fourth-order valence-corrected chi connectivity index (χ4v) is 2.95. The van der Waals surface area contributed by atoms with Crippen molar-refractivity contribution in [2.45, 2.75) is 32.5 Å². The average molecular weight is 400 g/mol. The number of halogens is 4. The molecular formula is C19H21ClF3N3O. The maximum atomic E-state index is 12.7. The van der Waals surface area contributed by atoms with Crippen LogP contribution in [0.3, 0.4) is 0 Å². The highest BCUT2D eigenvalue weighted by atomic mass is 35.5. The van der Waals surface area contributed by atoms with Gasteiger partial charge in [-0.05, 0) is 42.3 Å². The summed E-state index contributed by atoms with van der Waals surface area (Å²) < 4.78 is 38.2. The van der Waals surface area contributed by atoms with Gasteiger partial charge in [0.2, 0.25) is 0 Å². The molecular weight excluding hydrogens is 379 g/mol. The van der Waals surface area contributed by atoms with Gasteiger partial charge in [0.1, 0.15) is 0 Å². The Morgan fingerprint density at radius 1 is 1.11 bits per heavy atom. The van der Waals surface area contributed by atoms with Crippen molar-refractivity contribution in [3.8, 4) is 0 Å². The smallest absolute Gasteiger partial charge is 0.366 e. The number of alkyl halides is 3. The normalized spacial score (nSPS) is 11.3. The van der Waals surface area contributed by atoms with E-state index in [9.17, 15) is 18.1 Å². The molecule has 8 heteroatoms. The minimum Gasteiger partial charge on any atom is -0.366 e. The highest BCUT2D eigenvalue weighted by Gasteiger charge is 2.30. The van der Waals surface area contributed by atoms with E-state index in [2.05, 4.69) is 12.2 Å². The third-order valence-corrected chi connectivity index (χ3v) is 4.51. The SMILES string of the molecule is CCCCN(Cc1ccc(C(F)(F)F)cc1)c1ccc(N(C)N=O)cc1Cl. The maximum absolute atomic E-state index is 12.7. The van der Waals surface area contributed by atoms with E-state index in [1.807, 2.05) is 4.90 Å². The molecule has 0 atom stereocenters. The fraction of sp³-hybridized carbons (Fsp3) is 0.368. The molecule has 0 aliphatic rings. The molecule has 27 heavy (non-hydrogen) atoms. The quantitative estimate of drug-likeness (QED) is 0.387. The van der Waals surface area contributed by atoms with Gasteiger partial charge in [-0.3, -0.25) is 0 Å². The number of hydrogen-bond acceptors (Lipinski definition) is 3. The van der Waals surface area contributed by atoms with Gasteiger partial charge in [0.25, 0.3) is 0 Å². The molecule has 0 amide bonds. The van der Waals surface area contributed by atoms with E-state index in [1.165, 1.54) is 24.2 Å². The molecule has 2 rings (SSSR count). The summed E-state index contributed by atoms with van der Waals surface area (Å²) >= 11 is 6.39. The zero-order valence-corrected chi connectivity index (χ0v) is 15.9. The number of anilines is 2. The van der Waals surface area contributed by atoms with Gasteiger partial charge in [-0.2, -0.15) is 13.2 Å². The molecule has 2 aromatic carbocycles. The Morgan fingerprint density at radius 3 is 2.30 bits per heavy atom. The van der Waals surface area contributed by atoms with Gasteiger partial charge in [-0.25, -0.2) is 5.01 Å². The number of unbranched alkanes of at least 4 members (excludes halogenated alkanes) is 1. The summed E-state index contributed by atoms with van der Waals surface area (Å²) in [5, 5.41) is 4.46. The van der Waals surface area contributed by atoms with Crippen molar-refractivity contribution in [1.82, 2.24) is 0 Å². The zero-order chi connectivity index (χ0) is 20.0. The third-order valence-electron chi connectivity index (χ3n) is 4.20. The summed E-state index contributed by atoms with van der Waals surface area (Å²) in [5.41, 5.74) is 1.40. The Hall–Kier alpha value is -2.28. The molecule has 0 bridgehead atoms. The molecule has 0 fully saturated rings. The van der Waals surface area contributed by atoms with E-state index < -0.39 is 11.7 Å². The lowest BCUT2D eigenvalue weighted by Crippen LogP contribution is -2.24. The molecule has 0 N–H and O–H groups in total. The monoisotopic (exact) mass is 399 g/mol. The van der Waals surface area contributed by atoms with Crippen LogP contribution < -0.4 is 9.91 Å². The second-order valence-electron chi connectivity index (χ2n) is 6.21. The molecule has 0 aromatic heterocycles. The van der Waals surface area contributed by atoms with Crippen LogP contribution in [-0.2, 0) is 12.7 Å². The zero-order valence-electron chi connectivity index (χ0n) is 15.1. The fourth-order valence-electron chi connectivity index (χ4n) is 2.65. The molecule has 0 saturated carbocycles. The molecule has 0 aliphatic carbocycles. The van der Waals surface area contributed by atoms with Crippen LogP contribution in [0.25, 0.3) is 0 Å². The van der Waals surface area contributed by atoms with Crippen molar-refractivity contribution >= 4 is 23.0 Å². The van der Waals surface area contributed by atoms with Gasteiger partial charge in [-0.15, -0.1) is 4.91 Å². The molecule has 2 aromatic rings. The first-order valence-corrected chi connectivity index (χ1v) is 8.91.